The molecular formula is C30H38N2O5. The van der Waals surface area contributed by atoms with Crippen molar-refractivity contribution in [3.05, 3.63) is 83.9 Å². The molecule has 4 atom stereocenters. The molecule has 1 heterocycles. The molecule has 2 aromatic carbocycles. The van der Waals surface area contributed by atoms with Crippen LogP contribution in [-0.4, -0.2) is 42.1 Å². The van der Waals surface area contributed by atoms with E-state index in [0.717, 1.165) is 24.0 Å². The van der Waals surface area contributed by atoms with Crippen molar-refractivity contribution >= 4 is 17.8 Å². The first-order chi connectivity index (χ1) is 18.0. The minimum atomic E-state index is -0.585. The number of carbonyl (C=O) groups excluding carboxylic acids is 3. The summed E-state index contributed by atoms with van der Waals surface area (Å²) in [5.41, 5.74) is 1.91. The lowest BCUT2D eigenvalue weighted by molar-refractivity contribution is -0.150. The summed E-state index contributed by atoms with van der Waals surface area (Å²) in [6.45, 7) is 1.54. The second-order valence-electron chi connectivity index (χ2n) is 9.68. The van der Waals surface area contributed by atoms with Gasteiger partial charge in [-0.05, 0) is 50.2 Å². The minimum Gasteiger partial charge on any atom is -0.463 e. The predicted molar refractivity (Wildman–Crippen MR) is 142 cm³/mol. The Kier molecular flexibility index (Phi) is 11.4. The van der Waals surface area contributed by atoms with E-state index in [0.29, 0.717) is 19.3 Å². The van der Waals surface area contributed by atoms with Gasteiger partial charge in [-0.2, -0.15) is 0 Å². The molecule has 4 unspecified atom stereocenters. The minimum absolute atomic E-state index is 0.000953. The number of ether oxygens (including phenoxy) is 1. The maximum absolute atomic E-state index is 13.3. The fourth-order valence-electron chi connectivity index (χ4n) is 4.43. The van der Waals surface area contributed by atoms with Crippen LogP contribution in [0.25, 0.3) is 0 Å². The van der Waals surface area contributed by atoms with Gasteiger partial charge in [-0.3, -0.25) is 14.4 Å². The molecular weight excluding hydrogens is 468 g/mol. The lowest BCUT2D eigenvalue weighted by Crippen LogP contribution is -2.41. The highest BCUT2D eigenvalue weighted by molar-refractivity contribution is 5.86. The van der Waals surface area contributed by atoms with Crippen molar-refractivity contribution in [1.82, 2.24) is 10.6 Å². The van der Waals surface area contributed by atoms with E-state index in [-0.39, 0.29) is 49.4 Å². The Bertz CT molecular complexity index is 1020. The van der Waals surface area contributed by atoms with Crippen molar-refractivity contribution in [2.45, 2.75) is 57.5 Å². The van der Waals surface area contributed by atoms with E-state index in [2.05, 4.69) is 10.6 Å². The Hall–Kier alpha value is -3.45. The summed E-state index contributed by atoms with van der Waals surface area (Å²) in [7, 11) is 0. The molecule has 0 spiro atoms. The van der Waals surface area contributed by atoms with Crippen LogP contribution in [-0.2, 0) is 25.5 Å². The van der Waals surface area contributed by atoms with E-state index >= 15 is 0 Å². The topological polar surface area (TPSA) is 105 Å². The maximum Gasteiger partial charge on any atom is 0.309 e. The van der Waals surface area contributed by atoms with Gasteiger partial charge in [0.25, 0.3) is 0 Å². The number of aliphatic hydroxyl groups excluding tert-OH is 1. The molecule has 2 amide bonds. The van der Waals surface area contributed by atoms with Gasteiger partial charge in [-0.15, -0.1) is 0 Å². The second-order valence-corrected chi connectivity index (χ2v) is 9.68. The summed E-state index contributed by atoms with van der Waals surface area (Å²) in [4.78, 5) is 39.0. The molecule has 0 aliphatic carbocycles. The predicted octanol–water partition coefficient (Wildman–Crippen LogP) is 3.88. The largest absolute Gasteiger partial charge is 0.463 e. The third-order valence-corrected chi connectivity index (χ3v) is 6.56. The number of hydrogen-bond donors (Lipinski definition) is 3. The van der Waals surface area contributed by atoms with Crippen molar-refractivity contribution < 1.29 is 24.2 Å². The van der Waals surface area contributed by atoms with Gasteiger partial charge >= 0.3 is 5.97 Å². The Morgan fingerprint density at radius 1 is 1.05 bits per heavy atom. The highest BCUT2D eigenvalue weighted by Gasteiger charge is 2.27. The van der Waals surface area contributed by atoms with Crippen LogP contribution in [0, 0.1) is 11.8 Å². The fourth-order valence-corrected chi connectivity index (χ4v) is 4.43. The van der Waals surface area contributed by atoms with Gasteiger partial charge in [0.2, 0.25) is 11.8 Å². The van der Waals surface area contributed by atoms with Crippen LogP contribution >= 0.6 is 0 Å². The number of esters is 1. The summed E-state index contributed by atoms with van der Waals surface area (Å²) in [6.07, 6.45) is 7.27. The number of rotatable bonds is 7. The van der Waals surface area contributed by atoms with Crippen LogP contribution in [0.5, 0.6) is 0 Å². The molecule has 37 heavy (non-hydrogen) atoms. The molecule has 0 saturated carbocycles. The monoisotopic (exact) mass is 506 g/mol. The van der Waals surface area contributed by atoms with Crippen molar-refractivity contribution in [2.24, 2.45) is 11.8 Å². The first-order valence-electron chi connectivity index (χ1n) is 13.1. The Balaban J connectivity index is 1.79. The lowest BCUT2D eigenvalue weighted by atomic mass is 9.93. The molecule has 1 aliphatic heterocycles. The van der Waals surface area contributed by atoms with E-state index in [1.165, 1.54) is 0 Å². The highest BCUT2D eigenvalue weighted by atomic mass is 16.5. The zero-order chi connectivity index (χ0) is 26.5. The number of amides is 2. The summed E-state index contributed by atoms with van der Waals surface area (Å²) >= 11 is 0. The normalized spacial score (nSPS) is 22.3. The van der Waals surface area contributed by atoms with Crippen LogP contribution < -0.4 is 10.6 Å². The number of benzene rings is 2. The summed E-state index contributed by atoms with van der Waals surface area (Å²) in [5, 5.41) is 15.0. The average Bonchev–Trinajstić information content (AvgIpc) is 2.91. The Morgan fingerprint density at radius 2 is 1.76 bits per heavy atom. The molecule has 0 saturated heterocycles. The molecule has 1 aliphatic rings. The van der Waals surface area contributed by atoms with Crippen molar-refractivity contribution in [3.8, 4) is 0 Å². The smallest absolute Gasteiger partial charge is 0.309 e. The number of carbonyl (C=O) groups is 3. The number of aliphatic hydroxyl groups is 1. The molecule has 7 heteroatoms. The van der Waals surface area contributed by atoms with Crippen LogP contribution in [0.1, 0.15) is 56.2 Å². The molecule has 0 radical (unpaired) electrons. The van der Waals surface area contributed by atoms with Gasteiger partial charge < -0.3 is 20.5 Å². The third-order valence-electron chi connectivity index (χ3n) is 6.56. The quantitative estimate of drug-likeness (QED) is 0.391. The van der Waals surface area contributed by atoms with E-state index in [9.17, 15) is 19.5 Å². The summed E-state index contributed by atoms with van der Waals surface area (Å²) in [5.74, 6) is -1.69. The van der Waals surface area contributed by atoms with Crippen LogP contribution in [0.4, 0.5) is 0 Å². The van der Waals surface area contributed by atoms with Crippen LogP contribution in [0.3, 0.4) is 0 Å². The highest BCUT2D eigenvalue weighted by Crippen LogP contribution is 2.22. The summed E-state index contributed by atoms with van der Waals surface area (Å²) in [6, 6.07) is 18.4. The molecule has 0 bridgehead atoms. The summed E-state index contributed by atoms with van der Waals surface area (Å²) < 4.78 is 5.79. The zero-order valence-electron chi connectivity index (χ0n) is 21.5. The first-order valence-corrected chi connectivity index (χ1v) is 13.1. The fraction of sp³-hybridized carbons (Fsp3) is 0.433. The Labute approximate surface area is 219 Å². The number of hydrogen-bond acceptors (Lipinski definition) is 5. The molecule has 2 aromatic rings. The van der Waals surface area contributed by atoms with E-state index < -0.39 is 12.0 Å². The van der Waals surface area contributed by atoms with Crippen LogP contribution in [0.15, 0.2) is 72.8 Å². The average molecular weight is 507 g/mol. The third kappa shape index (κ3) is 9.50. The SMILES string of the molecule is CC(CO)NC(=O)CC1CC=CCCCC(Cc2ccccc2)C(=O)OCC(c2ccccc2)NC1=O. The lowest BCUT2D eigenvalue weighted by Gasteiger charge is -2.24. The van der Waals surface area contributed by atoms with Crippen molar-refractivity contribution in [3.63, 3.8) is 0 Å². The molecule has 3 N–H and O–H groups in total. The van der Waals surface area contributed by atoms with E-state index in [1.54, 1.807) is 6.92 Å². The molecule has 198 valence electrons. The first kappa shape index (κ1) is 28.1. The van der Waals surface area contributed by atoms with Crippen molar-refractivity contribution in [1.29, 1.82) is 0 Å². The number of nitrogens with one attached hydrogen (secondary N) is 2. The van der Waals surface area contributed by atoms with Crippen molar-refractivity contribution in [2.75, 3.05) is 13.2 Å². The number of allylic oxidation sites excluding steroid dienone is 2. The van der Waals surface area contributed by atoms with Gasteiger partial charge in [-0.25, -0.2) is 0 Å². The van der Waals surface area contributed by atoms with Gasteiger partial charge in [0.05, 0.1) is 24.5 Å². The van der Waals surface area contributed by atoms with Gasteiger partial charge in [0.15, 0.2) is 0 Å². The van der Waals surface area contributed by atoms with E-state index in [1.807, 2.05) is 72.8 Å². The Morgan fingerprint density at radius 3 is 2.46 bits per heavy atom. The molecule has 7 nitrogen and oxygen atoms in total. The van der Waals surface area contributed by atoms with Crippen LogP contribution in [0.2, 0.25) is 0 Å². The van der Waals surface area contributed by atoms with Gasteiger partial charge in [0.1, 0.15) is 6.61 Å². The molecule has 0 fully saturated rings. The molecule has 3 rings (SSSR count). The standard InChI is InChI=1S/C30H38N2O5/c1-22(20-33)31-28(34)19-25-16-8-2-3-9-17-26(18-23-12-6-4-7-13-23)30(36)37-21-27(32-29(25)35)24-14-10-5-11-15-24/h2,4-8,10-15,22,25-27,33H,3,9,16-21H2,1H3,(H,31,34)(H,32,35). The van der Waals surface area contributed by atoms with E-state index in [4.69, 9.17) is 4.74 Å². The number of cyclic esters (lactones) is 1. The van der Waals surface area contributed by atoms with Gasteiger partial charge in [0, 0.05) is 12.5 Å². The second kappa shape index (κ2) is 15.0. The maximum atomic E-state index is 13.3. The molecule has 0 aromatic heterocycles. The van der Waals surface area contributed by atoms with Gasteiger partial charge in [-0.1, -0.05) is 72.8 Å². The zero-order valence-corrected chi connectivity index (χ0v) is 21.5.